The molecule has 2 rings (SSSR count). The average Bonchev–Trinajstić information content (AvgIpc) is 2.50. The van der Waals surface area contributed by atoms with E-state index in [4.69, 9.17) is 10.5 Å². The van der Waals surface area contributed by atoms with Gasteiger partial charge in [-0.05, 0) is 31.9 Å². The van der Waals surface area contributed by atoms with Crippen LogP contribution in [-0.4, -0.2) is 35.9 Å². The Morgan fingerprint density at radius 1 is 1.36 bits per heavy atom. The normalized spacial score (nSPS) is 19.6. The van der Waals surface area contributed by atoms with Crippen molar-refractivity contribution in [3.8, 4) is 5.75 Å². The molecule has 120 valence electrons. The molecule has 0 radical (unpaired) electrons. The highest BCUT2D eigenvalue weighted by Gasteiger charge is 2.30. The molecule has 2 N–H and O–H groups in total. The van der Waals surface area contributed by atoms with Crippen LogP contribution < -0.4 is 10.5 Å². The first kappa shape index (κ1) is 16.2. The molecule has 0 saturated carbocycles. The van der Waals surface area contributed by atoms with Gasteiger partial charge in [0.2, 0.25) is 5.91 Å². The van der Waals surface area contributed by atoms with Crippen molar-refractivity contribution in [1.29, 1.82) is 0 Å². The first-order chi connectivity index (χ1) is 10.4. The summed E-state index contributed by atoms with van der Waals surface area (Å²) in [7, 11) is 0. The molecule has 1 aliphatic heterocycles. The van der Waals surface area contributed by atoms with Crippen LogP contribution in [0, 0.1) is 17.6 Å². The van der Waals surface area contributed by atoms with Crippen LogP contribution in [0.25, 0.3) is 0 Å². The van der Waals surface area contributed by atoms with E-state index in [1.165, 1.54) is 17.9 Å². The Labute approximate surface area is 127 Å². The van der Waals surface area contributed by atoms with Crippen LogP contribution in [0.2, 0.25) is 0 Å². The number of nitrogens with two attached hydrogens (primary N) is 1. The van der Waals surface area contributed by atoms with Gasteiger partial charge < -0.3 is 15.4 Å². The van der Waals surface area contributed by atoms with Gasteiger partial charge in [0.15, 0.2) is 17.7 Å². The number of amides is 2. The van der Waals surface area contributed by atoms with Gasteiger partial charge in [-0.25, -0.2) is 8.78 Å². The quantitative estimate of drug-likeness (QED) is 0.915. The monoisotopic (exact) mass is 312 g/mol. The molecular weight excluding hydrogens is 294 g/mol. The molecule has 0 bridgehead atoms. The van der Waals surface area contributed by atoms with Gasteiger partial charge >= 0.3 is 0 Å². The van der Waals surface area contributed by atoms with E-state index in [2.05, 4.69) is 0 Å². The van der Waals surface area contributed by atoms with Crippen molar-refractivity contribution in [3.63, 3.8) is 0 Å². The molecule has 1 aromatic carbocycles. The van der Waals surface area contributed by atoms with E-state index in [9.17, 15) is 18.4 Å². The first-order valence-electron chi connectivity index (χ1n) is 7.08. The van der Waals surface area contributed by atoms with Crippen molar-refractivity contribution in [1.82, 2.24) is 4.90 Å². The molecule has 2 unspecified atom stereocenters. The van der Waals surface area contributed by atoms with Gasteiger partial charge in [0.25, 0.3) is 5.91 Å². The Morgan fingerprint density at radius 3 is 2.73 bits per heavy atom. The lowest BCUT2D eigenvalue weighted by Crippen LogP contribution is -2.48. The van der Waals surface area contributed by atoms with Gasteiger partial charge in [0.1, 0.15) is 5.75 Å². The summed E-state index contributed by atoms with van der Waals surface area (Å²) in [6, 6.07) is 3.08. The zero-order valence-corrected chi connectivity index (χ0v) is 12.2. The van der Waals surface area contributed by atoms with Crippen LogP contribution in [-0.2, 0) is 9.59 Å². The second kappa shape index (κ2) is 6.72. The third-order valence-electron chi connectivity index (χ3n) is 3.69. The number of hydrogen-bond donors (Lipinski definition) is 1. The molecular formula is C15H18F2N2O3. The summed E-state index contributed by atoms with van der Waals surface area (Å²) in [5.41, 5.74) is 5.27. The Hall–Kier alpha value is -2.18. The lowest BCUT2D eigenvalue weighted by atomic mass is 9.97. The predicted molar refractivity (Wildman–Crippen MR) is 74.9 cm³/mol. The zero-order chi connectivity index (χ0) is 16.3. The van der Waals surface area contributed by atoms with Crippen molar-refractivity contribution in [2.75, 3.05) is 13.1 Å². The molecule has 1 fully saturated rings. The van der Waals surface area contributed by atoms with Gasteiger partial charge in [-0.15, -0.1) is 0 Å². The van der Waals surface area contributed by atoms with Gasteiger partial charge in [-0.2, -0.15) is 0 Å². The largest absolute Gasteiger partial charge is 0.481 e. The number of halogens is 2. The third-order valence-corrected chi connectivity index (χ3v) is 3.69. The molecule has 0 aromatic heterocycles. The maximum absolute atomic E-state index is 13.1. The van der Waals surface area contributed by atoms with E-state index in [-0.39, 0.29) is 24.1 Å². The highest BCUT2D eigenvalue weighted by Crippen LogP contribution is 2.20. The number of carbonyl (C=O) groups excluding carboxylic acids is 2. The van der Waals surface area contributed by atoms with Gasteiger partial charge in [-0.1, -0.05) is 0 Å². The fraction of sp³-hybridized carbons (Fsp3) is 0.467. The second-order valence-electron chi connectivity index (χ2n) is 5.36. The molecule has 2 amide bonds. The second-order valence-corrected chi connectivity index (χ2v) is 5.36. The molecule has 0 spiro atoms. The van der Waals surface area contributed by atoms with E-state index in [0.717, 1.165) is 12.1 Å². The predicted octanol–water partition coefficient (Wildman–Crippen LogP) is 1.46. The number of rotatable bonds is 4. The van der Waals surface area contributed by atoms with Crippen molar-refractivity contribution in [2.45, 2.75) is 25.9 Å². The van der Waals surface area contributed by atoms with Crippen molar-refractivity contribution in [2.24, 2.45) is 11.7 Å². The van der Waals surface area contributed by atoms with Crippen LogP contribution >= 0.6 is 0 Å². The highest BCUT2D eigenvalue weighted by molar-refractivity contribution is 5.83. The SMILES string of the molecule is CC(Oc1ccc(F)c(F)c1)C(=O)N1CCCC(C(N)=O)C1. The van der Waals surface area contributed by atoms with Crippen molar-refractivity contribution in [3.05, 3.63) is 29.8 Å². The van der Waals surface area contributed by atoms with E-state index < -0.39 is 23.6 Å². The number of primary amides is 1. The van der Waals surface area contributed by atoms with Crippen LogP contribution in [0.15, 0.2) is 18.2 Å². The average molecular weight is 312 g/mol. The van der Waals surface area contributed by atoms with Gasteiger partial charge in [-0.3, -0.25) is 9.59 Å². The summed E-state index contributed by atoms with van der Waals surface area (Å²) in [6.07, 6.45) is 0.492. The summed E-state index contributed by atoms with van der Waals surface area (Å²) in [4.78, 5) is 25.0. The van der Waals surface area contributed by atoms with Crippen molar-refractivity contribution < 1.29 is 23.1 Å². The standard InChI is InChI=1S/C15H18F2N2O3/c1-9(22-11-4-5-12(16)13(17)7-11)15(21)19-6-2-3-10(8-19)14(18)20/h4-5,7,9-10H,2-3,6,8H2,1H3,(H2,18,20). The zero-order valence-electron chi connectivity index (χ0n) is 12.2. The molecule has 1 aliphatic rings. The summed E-state index contributed by atoms with van der Waals surface area (Å²) in [6.45, 7) is 2.31. The molecule has 5 nitrogen and oxygen atoms in total. The summed E-state index contributed by atoms with van der Waals surface area (Å²) in [5, 5.41) is 0. The summed E-state index contributed by atoms with van der Waals surface area (Å²) in [5.74, 6) is -3.03. The number of carbonyl (C=O) groups is 2. The molecule has 1 heterocycles. The van der Waals surface area contributed by atoms with Gasteiger partial charge in [0.05, 0.1) is 5.92 Å². The molecule has 2 atom stereocenters. The third kappa shape index (κ3) is 3.72. The lowest BCUT2D eigenvalue weighted by Gasteiger charge is -2.32. The van der Waals surface area contributed by atoms with Gasteiger partial charge in [0, 0.05) is 19.2 Å². The maximum Gasteiger partial charge on any atom is 0.263 e. The molecule has 1 saturated heterocycles. The number of hydrogen-bond acceptors (Lipinski definition) is 3. The molecule has 22 heavy (non-hydrogen) atoms. The minimum Gasteiger partial charge on any atom is -0.481 e. The number of benzene rings is 1. The van der Waals surface area contributed by atoms with Crippen LogP contribution in [0.4, 0.5) is 8.78 Å². The molecule has 1 aromatic rings. The Morgan fingerprint density at radius 2 is 2.09 bits per heavy atom. The molecule has 7 heteroatoms. The summed E-state index contributed by atoms with van der Waals surface area (Å²) >= 11 is 0. The van der Waals surface area contributed by atoms with E-state index in [0.29, 0.717) is 19.4 Å². The Balaban J connectivity index is 1.99. The van der Waals surface area contributed by atoms with Crippen LogP contribution in [0.1, 0.15) is 19.8 Å². The number of ether oxygens (including phenoxy) is 1. The number of likely N-dealkylation sites (tertiary alicyclic amines) is 1. The number of piperidine rings is 1. The molecule has 0 aliphatic carbocycles. The fourth-order valence-electron chi connectivity index (χ4n) is 2.47. The fourth-order valence-corrected chi connectivity index (χ4v) is 2.47. The topological polar surface area (TPSA) is 72.6 Å². The van der Waals surface area contributed by atoms with E-state index >= 15 is 0 Å². The number of nitrogens with zero attached hydrogens (tertiary/aromatic N) is 1. The summed E-state index contributed by atoms with van der Waals surface area (Å²) < 4.78 is 31.3. The maximum atomic E-state index is 13.1. The first-order valence-corrected chi connectivity index (χ1v) is 7.08. The van der Waals surface area contributed by atoms with Crippen molar-refractivity contribution >= 4 is 11.8 Å². The minimum atomic E-state index is -1.04. The smallest absolute Gasteiger partial charge is 0.263 e. The lowest BCUT2D eigenvalue weighted by molar-refractivity contribution is -0.141. The minimum absolute atomic E-state index is 0.0724. The van der Waals surface area contributed by atoms with E-state index in [1.807, 2.05) is 0 Å². The van der Waals surface area contributed by atoms with E-state index in [1.54, 1.807) is 0 Å². The van der Waals surface area contributed by atoms with Crippen LogP contribution in [0.3, 0.4) is 0 Å². The van der Waals surface area contributed by atoms with Crippen LogP contribution in [0.5, 0.6) is 5.75 Å². The Kier molecular flexibility index (Phi) is 4.95. The Bertz CT molecular complexity index is 580. The highest BCUT2D eigenvalue weighted by atomic mass is 19.2.